The van der Waals surface area contributed by atoms with Gasteiger partial charge in [0.05, 0.1) is 0 Å². The lowest BCUT2D eigenvalue weighted by Gasteiger charge is -2.01. The molecule has 0 radical (unpaired) electrons. The summed E-state index contributed by atoms with van der Waals surface area (Å²) >= 11 is 0. The Bertz CT molecular complexity index is 147. The van der Waals surface area contributed by atoms with Gasteiger partial charge in [-0.1, -0.05) is 12.2 Å². The molecule has 0 spiro atoms. The van der Waals surface area contributed by atoms with Gasteiger partial charge >= 0.3 is 0 Å². The molecule has 11 heavy (non-hydrogen) atoms. The van der Waals surface area contributed by atoms with Crippen LogP contribution in [0.2, 0.25) is 0 Å². The molecule has 0 fully saturated rings. The normalized spacial score (nSPS) is 24.5. The highest BCUT2D eigenvalue weighted by molar-refractivity contribution is 5.78. The first-order chi connectivity index (χ1) is 5.39. The molecule has 1 aliphatic carbocycles. The predicted molar refractivity (Wildman–Crippen MR) is 46.5 cm³/mol. The minimum atomic E-state index is 0.459. The third-order valence-electron chi connectivity index (χ3n) is 2.07. The second-order valence-corrected chi connectivity index (χ2v) is 3.15. The van der Waals surface area contributed by atoms with Crippen molar-refractivity contribution < 1.29 is 4.79 Å². The fraction of sp³-hybridized carbons (Fsp3) is 0.700. The second kappa shape index (κ2) is 5.11. The third kappa shape index (κ3) is 3.97. The first-order valence-electron chi connectivity index (χ1n) is 4.56. The molecule has 0 heterocycles. The molecule has 0 bridgehead atoms. The summed E-state index contributed by atoms with van der Waals surface area (Å²) in [5.41, 5.74) is 0. The maximum absolute atomic E-state index is 11.1. The predicted octanol–water partition coefficient (Wildman–Crippen LogP) is 2.86. The smallest absolute Gasteiger partial charge is 0.132 e. The van der Waals surface area contributed by atoms with Crippen molar-refractivity contribution in [3.05, 3.63) is 12.2 Å². The van der Waals surface area contributed by atoms with Crippen LogP contribution in [-0.4, -0.2) is 5.78 Å². The standard InChI is InChI=1S/C10H16O/c11-10-8-6-4-2-1-3-5-7-9-10/h1-2H,3-9H2/b2-1-. The lowest BCUT2D eigenvalue weighted by Crippen LogP contribution is -1.97. The van der Waals surface area contributed by atoms with Crippen LogP contribution >= 0.6 is 0 Å². The van der Waals surface area contributed by atoms with Crippen LogP contribution in [0.25, 0.3) is 0 Å². The quantitative estimate of drug-likeness (QED) is 0.488. The summed E-state index contributed by atoms with van der Waals surface area (Å²) in [6.07, 6.45) is 11.6. The number of carbonyl (C=O) groups is 1. The number of carbonyl (C=O) groups excluding carboxylic acids is 1. The number of hydrogen-bond donors (Lipinski definition) is 0. The van der Waals surface area contributed by atoms with E-state index in [-0.39, 0.29) is 0 Å². The highest BCUT2D eigenvalue weighted by atomic mass is 16.1. The van der Waals surface area contributed by atoms with Crippen LogP contribution in [0.4, 0.5) is 0 Å². The molecule has 0 saturated carbocycles. The molecule has 0 unspecified atom stereocenters. The Hall–Kier alpha value is -0.590. The van der Waals surface area contributed by atoms with Crippen molar-refractivity contribution >= 4 is 5.78 Å². The molecule has 1 nitrogen and oxygen atoms in total. The van der Waals surface area contributed by atoms with E-state index in [1.165, 1.54) is 6.42 Å². The van der Waals surface area contributed by atoms with E-state index < -0.39 is 0 Å². The minimum Gasteiger partial charge on any atom is -0.300 e. The van der Waals surface area contributed by atoms with Crippen molar-refractivity contribution in [3.8, 4) is 0 Å². The molecular weight excluding hydrogens is 136 g/mol. The molecule has 1 heteroatoms. The molecule has 0 saturated heterocycles. The Kier molecular flexibility index (Phi) is 3.95. The zero-order valence-electron chi connectivity index (χ0n) is 7.01. The number of Topliss-reactive ketones (excluding diaryl/α,β-unsaturated/α-hetero) is 1. The first-order valence-corrected chi connectivity index (χ1v) is 4.56. The summed E-state index contributed by atoms with van der Waals surface area (Å²) in [5.74, 6) is 0.459. The Morgan fingerprint density at radius 2 is 1.55 bits per heavy atom. The highest BCUT2D eigenvalue weighted by Gasteiger charge is 2.01. The molecule has 0 aromatic heterocycles. The zero-order valence-corrected chi connectivity index (χ0v) is 7.01. The van der Waals surface area contributed by atoms with E-state index >= 15 is 0 Å². The van der Waals surface area contributed by atoms with Crippen molar-refractivity contribution in [1.29, 1.82) is 0 Å². The van der Waals surface area contributed by atoms with Crippen molar-refractivity contribution in [2.75, 3.05) is 0 Å². The zero-order chi connectivity index (χ0) is 7.94. The van der Waals surface area contributed by atoms with Crippen LogP contribution in [0.3, 0.4) is 0 Å². The van der Waals surface area contributed by atoms with Crippen molar-refractivity contribution in [2.45, 2.75) is 44.9 Å². The molecule has 1 rings (SSSR count). The van der Waals surface area contributed by atoms with E-state index in [1.807, 2.05) is 0 Å². The average molecular weight is 152 g/mol. The van der Waals surface area contributed by atoms with E-state index in [2.05, 4.69) is 12.2 Å². The Morgan fingerprint density at radius 1 is 0.909 bits per heavy atom. The van der Waals surface area contributed by atoms with Crippen LogP contribution in [0.15, 0.2) is 12.2 Å². The van der Waals surface area contributed by atoms with Gasteiger partial charge in [-0.15, -0.1) is 0 Å². The van der Waals surface area contributed by atoms with Gasteiger partial charge in [0.1, 0.15) is 5.78 Å². The molecule has 62 valence electrons. The summed E-state index contributed by atoms with van der Waals surface area (Å²) in [6, 6.07) is 0. The highest BCUT2D eigenvalue weighted by Crippen LogP contribution is 2.09. The summed E-state index contributed by atoms with van der Waals surface area (Å²) in [5, 5.41) is 0. The summed E-state index contributed by atoms with van der Waals surface area (Å²) < 4.78 is 0. The van der Waals surface area contributed by atoms with Crippen LogP contribution < -0.4 is 0 Å². The van der Waals surface area contributed by atoms with E-state index in [0.29, 0.717) is 5.78 Å². The molecule has 0 atom stereocenters. The summed E-state index contributed by atoms with van der Waals surface area (Å²) in [6.45, 7) is 0. The topological polar surface area (TPSA) is 17.1 Å². The van der Waals surface area contributed by atoms with Gasteiger partial charge in [0.2, 0.25) is 0 Å². The first kappa shape index (κ1) is 8.51. The minimum absolute atomic E-state index is 0.459. The van der Waals surface area contributed by atoms with Crippen molar-refractivity contribution in [3.63, 3.8) is 0 Å². The lowest BCUT2D eigenvalue weighted by atomic mass is 10.0. The Balaban J connectivity index is 2.28. The van der Waals surface area contributed by atoms with Crippen LogP contribution in [-0.2, 0) is 4.79 Å². The Labute approximate surface area is 68.5 Å². The van der Waals surface area contributed by atoms with Gasteiger partial charge in [0.25, 0.3) is 0 Å². The molecule has 0 amide bonds. The van der Waals surface area contributed by atoms with Gasteiger partial charge in [0.15, 0.2) is 0 Å². The maximum atomic E-state index is 11.1. The number of hydrogen-bond acceptors (Lipinski definition) is 1. The van der Waals surface area contributed by atoms with Crippen molar-refractivity contribution in [1.82, 2.24) is 0 Å². The summed E-state index contributed by atoms with van der Waals surface area (Å²) in [7, 11) is 0. The number of ketones is 1. The molecule has 0 aromatic rings. The fourth-order valence-corrected chi connectivity index (χ4v) is 1.36. The lowest BCUT2D eigenvalue weighted by molar-refractivity contribution is -0.119. The molecule has 0 aromatic carbocycles. The van der Waals surface area contributed by atoms with Gasteiger partial charge in [0, 0.05) is 12.8 Å². The van der Waals surface area contributed by atoms with Crippen LogP contribution in [0, 0.1) is 0 Å². The van der Waals surface area contributed by atoms with Gasteiger partial charge in [-0.05, 0) is 32.1 Å². The van der Waals surface area contributed by atoms with Gasteiger partial charge in [-0.3, -0.25) is 4.79 Å². The number of rotatable bonds is 0. The average Bonchev–Trinajstić information content (AvgIpc) is 2.03. The summed E-state index contributed by atoms with van der Waals surface area (Å²) in [4.78, 5) is 11.1. The largest absolute Gasteiger partial charge is 0.300 e. The Morgan fingerprint density at radius 3 is 2.36 bits per heavy atom. The second-order valence-electron chi connectivity index (χ2n) is 3.15. The van der Waals surface area contributed by atoms with Gasteiger partial charge in [-0.25, -0.2) is 0 Å². The van der Waals surface area contributed by atoms with Crippen molar-refractivity contribution in [2.24, 2.45) is 0 Å². The van der Waals surface area contributed by atoms with Gasteiger partial charge in [-0.2, -0.15) is 0 Å². The van der Waals surface area contributed by atoms with E-state index in [0.717, 1.165) is 38.5 Å². The molecule has 0 aliphatic heterocycles. The van der Waals surface area contributed by atoms with Gasteiger partial charge < -0.3 is 0 Å². The fourth-order valence-electron chi connectivity index (χ4n) is 1.36. The molecule has 1 aliphatic rings. The number of allylic oxidation sites excluding steroid dienone is 2. The van der Waals surface area contributed by atoms with Crippen LogP contribution in [0.1, 0.15) is 44.9 Å². The molecular formula is C10H16O. The van der Waals surface area contributed by atoms with Crippen LogP contribution in [0.5, 0.6) is 0 Å². The molecule has 0 N–H and O–H groups in total. The maximum Gasteiger partial charge on any atom is 0.132 e. The SMILES string of the molecule is O=C1CCC/C=C\CCCC1. The van der Waals surface area contributed by atoms with E-state index in [1.54, 1.807) is 0 Å². The third-order valence-corrected chi connectivity index (χ3v) is 2.07. The van der Waals surface area contributed by atoms with E-state index in [9.17, 15) is 4.79 Å². The van der Waals surface area contributed by atoms with E-state index in [4.69, 9.17) is 0 Å². The monoisotopic (exact) mass is 152 g/mol.